The highest BCUT2D eigenvalue weighted by molar-refractivity contribution is 5.78. The summed E-state index contributed by atoms with van der Waals surface area (Å²) >= 11 is 0. The lowest BCUT2D eigenvalue weighted by molar-refractivity contribution is -0.151. The van der Waals surface area contributed by atoms with Gasteiger partial charge in [0.25, 0.3) is 0 Å². The average molecular weight is 400 g/mol. The van der Waals surface area contributed by atoms with E-state index < -0.39 is 5.60 Å². The van der Waals surface area contributed by atoms with E-state index >= 15 is 0 Å². The number of hydrogen-bond donors (Lipinski definition) is 1. The maximum atomic E-state index is 12.7. The number of aliphatic hydroxyl groups is 1. The normalized spacial score (nSPS) is 24.0. The maximum absolute atomic E-state index is 12.7. The highest BCUT2D eigenvalue weighted by atomic mass is 16.3. The summed E-state index contributed by atoms with van der Waals surface area (Å²) in [6.07, 6.45) is 4.01. The van der Waals surface area contributed by atoms with Gasteiger partial charge in [0.05, 0.1) is 12.0 Å². The van der Waals surface area contributed by atoms with Gasteiger partial charge in [-0.15, -0.1) is 0 Å². The number of hydrogen-bond acceptors (Lipinski definition) is 4. The van der Waals surface area contributed by atoms with Crippen molar-refractivity contribution in [1.82, 2.24) is 9.80 Å². The van der Waals surface area contributed by atoms with Crippen molar-refractivity contribution in [2.24, 2.45) is 5.41 Å². The molecule has 3 fully saturated rings. The minimum absolute atomic E-state index is 0.148. The van der Waals surface area contributed by atoms with Crippen LogP contribution in [0.15, 0.2) is 24.3 Å². The molecule has 1 aromatic rings. The molecule has 3 heterocycles. The summed E-state index contributed by atoms with van der Waals surface area (Å²) in [6, 6.07) is 9.02. The number of carbonyl (C=O) groups is 1. The zero-order valence-corrected chi connectivity index (χ0v) is 18.4. The molecule has 3 aliphatic rings. The van der Waals surface area contributed by atoms with Crippen LogP contribution in [-0.2, 0) is 4.79 Å². The standard InChI is InChI=1S/C24H37N3O2/c1-19(2)20-4-6-21(7-5-20)26-14-8-23(9-15-26)17-27(18-23)22(28)16-24(29)10-12-25(3)13-11-24/h4-7,19,29H,8-18H2,1-3H3. The predicted octanol–water partition coefficient (Wildman–Crippen LogP) is 3.09. The Morgan fingerprint density at radius 3 is 2.14 bits per heavy atom. The van der Waals surface area contributed by atoms with E-state index in [0.717, 1.165) is 52.1 Å². The van der Waals surface area contributed by atoms with Gasteiger partial charge >= 0.3 is 0 Å². The Labute approximate surface area is 175 Å². The van der Waals surface area contributed by atoms with Crippen molar-refractivity contribution >= 4 is 11.6 Å². The first-order valence-electron chi connectivity index (χ1n) is 11.3. The van der Waals surface area contributed by atoms with E-state index in [2.05, 4.69) is 55.0 Å². The number of anilines is 1. The number of carbonyl (C=O) groups excluding carboxylic acids is 1. The van der Waals surface area contributed by atoms with Gasteiger partial charge in [-0.25, -0.2) is 0 Å². The quantitative estimate of drug-likeness (QED) is 0.845. The second-order valence-corrected chi connectivity index (χ2v) is 10.2. The van der Waals surface area contributed by atoms with Crippen molar-refractivity contribution < 1.29 is 9.90 Å². The average Bonchev–Trinajstić information content (AvgIpc) is 2.69. The summed E-state index contributed by atoms with van der Waals surface area (Å²) in [7, 11) is 2.08. The number of nitrogens with zero attached hydrogens (tertiary/aromatic N) is 3. The first-order chi connectivity index (χ1) is 13.8. The Morgan fingerprint density at radius 1 is 1.00 bits per heavy atom. The molecule has 29 heavy (non-hydrogen) atoms. The van der Waals surface area contributed by atoms with Crippen molar-refractivity contribution in [1.29, 1.82) is 0 Å². The van der Waals surface area contributed by atoms with Crippen molar-refractivity contribution in [2.45, 2.75) is 57.5 Å². The molecule has 160 valence electrons. The monoisotopic (exact) mass is 399 g/mol. The van der Waals surface area contributed by atoms with Crippen molar-refractivity contribution in [3.63, 3.8) is 0 Å². The Bertz CT molecular complexity index is 706. The van der Waals surface area contributed by atoms with E-state index in [1.807, 2.05) is 4.90 Å². The molecule has 1 amide bonds. The molecule has 1 spiro atoms. The summed E-state index contributed by atoms with van der Waals surface area (Å²) < 4.78 is 0. The molecule has 0 unspecified atom stereocenters. The molecule has 3 saturated heterocycles. The predicted molar refractivity (Wildman–Crippen MR) is 117 cm³/mol. The van der Waals surface area contributed by atoms with Gasteiger partial charge in [-0.05, 0) is 56.3 Å². The van der Waals surface area contributed by atoms with E-state index in [1.54, 1.807) is 0 Å². The molecule has 0 atom stereocenters. The fourth-order valence-corrected chi connectivity index (χ4v) is 5.17. The zero-order valence-electron chi connectivity index (χ0n) is 18.4. The van der Waals surface area contributed by atoms with E-state index in [-0.39, 0.29) is 5.91 Å². The van der Waals surface area contributed by atoms with Crippen molar-refractivity contribution in [3.8, 4) is 0 Å². The van der Waals surface area contributed by atoms with Gasteiger partial charge in [-0.1, -0.05) is 26.0 Å². The Hall–Kier alpha value is -1.59. The minimum atomic E-state index is -0.794. The number of likely N-dealkylation sites (tertiary alicyclic amines) is 2. The molecule has 0 aromatic heterocycles. The van der Waals surface area contributed by atoms with Crippen LogP contribution in [0.5, 0.6) is 0 Å². The molecule has 1 aromatic carbocycles. The topological polar surface area (TPSA) is 47.0 Å². The zero-order chi connectivity index (χ0) is 20.6. The van der Waals surface area contributed by atoms with Gasteiger partial charge in [0.2, 0.25) is 5.91 Å². The van der Waals surface area contributed by atoms with Crippen LogP contribution in [0.2, 0.25) is 0 Å². The summed E-state index contributed by atoms with van der Waals surface area (Å²) in [5, 5.41) is 10.8. The molecular formula is C24H37N3O2. The SMILES string of the molecule is CC(C)c1ccc(N2CCC3(CC2)CN(C(=O)CC2(O)CCN(C)CC2)C3)cc1. The minimum Gasteiger partial charge on any atom is -0.389 e. The molecule has 4 rings (SSSR count). The van der Waals surface area contributed by atoms with E-state index in [9.17, 15) is 9.90 Å². The van der Waals surface area contributed by atoms with Crippen LogP contribution in [0.4, 0.5) is 5.69 Å². The molecular weight excluding hydrogens is 362 g/mol. The van der Waals surface area contributed by atoms with Gasteiger partial charge in [-0.3, -0.25) is 4.79 Å². The highest BCUT2D eigenvalue weighted by Gasteiger charge is 2.47. The van der Waals surface area contributed by atoms with Crippen molar-refractivity contribution in [3.05, 3.63) is 29.8 Å². The van der Waals surface area contributed by atoms with Gasteiger partial charge in [0.1, 0.15) is 0 Å². The second kappa shape index (κ2) is 7.92. The number of amides is 1. The summed E-state index contributed by atoms with van der Waals surface area (Å²) in [5.41, 5.74) is 2.22. The van der Waals surface area contributed by atoms with Crippen LogP contribution in [0.1, 0.15) is 57.4 Å². The first kappa shape index (κ1) is 20.7. The molecule has 0 bridgehead atoms. The lowest BCUT2D eigenvalue weighted by Crippen LogP contribution is -2.62. The highest BCUT2D eigenvalue weighted by Crippen LogP contribution is 2.42. The van der Waals surface area contributed by atoms with Crippen molar-refractivity contribution in [2.75, 3.05) is 51.2 Å². The fourth-order valence-electron chi connectivity index (χ4n) is 5.17. The third-order valence-electron chi connectivity index (χ3n) is 7.55. The van der Waals surface area contributed by atoms with Gasteiger partial charge in [0.15, 0.2) is 0 Å². The summed E-state index contributed by atoms with van der Waals surface area (Å²) in [4.78, 5) is 19.4. The van der Waals surface area contributed by atoms with Gasteiger partial charge < -0.3 is 19.8 Å². The molecule has 3 aliphatic heterocycles. The van der Waals surface area contributed by atoms with Crippen LogP contribution >= 0.6 is 0 Å². The van der Waals surface area contributed by atoms with E-state index in [4.69, 9.17) is 0 Å². The lowest BCUT2D eigenvalue weighted by Gasteiger charge is -2.54. The lowest BCUT2D eigenvalue weighted by atomic mass is 9.71. The third-order valence-corrected chi connectivity index (χ3v) is 7.55. The molecule has 0 aliphatic carbocycles. The Kier molecular flexibility index (Phi) is 5.64. The molecule has 0 saturated carbocycles. The summed E-state index contributed by atoms with van der Waals surface area (Å²) in [5.74, 6) is 0.717. The fraction of sp³-hybridized carbons (Fsp3) is 0.708. The summed E-state index contributed by atoms with van der Waals surface area (Å²) in [6.45, 7) is 10.1. The molecule has 5 nitrogen and oxygen atoms in total. The maximum Gasteiger partial charge on any atom is 0.225 e. The van der Waals surface area contributed by atoms with E-state index in [1.165, 1.54) is 11.3 Å². The van der Waals surface area contributed by atoms with Crippen LogP contribution in [0.25, 0.3) is 0 Å². The Balaban J connectivity index is 1.25. The molecule has 5 heteroatoms. The first-order valence-corrected chi connectivity index (χ1v) is 11.3. The molecule has 0 radical (unpaired) electrons. The third kappa shape index (κ3) is 4.46. The van der Waals surface area contributed by atoms with Gasteiger partial charge in [-0.2, -0.15) is 0 Å². The smallest absolute Gasteiger partial charge is 0.225 e. The largest absolute Gasteiger partial charge is 0.389 e. The van der Waals surface area contributed by atoms with Crippen LogP contribution < -0.4 is 4.90 Å². The number of rotatable bonds is 4. The van der Waals surface area contributed by atoms with E-state index in [0.29, 0.717) is 30.6 Å². The second-order valence-electron chi connectivity index (χ2n) is 10.2. The Morgan fingerprint density at radius 2 is 1.59 bits per heavy atom. The number of piperidine rings is 2. The van der Waals surface area contributed by atoms with Crippen LogP contribution in [-0.4, -0.2) is 72.7 Å². The number of benzene rings is 1. The molecule has 1 N–H and O–H groups in total. The van der Waals surface area contributed by atoms with Crippen LogP contribution in [0.3, 0.4) is 0 Å². The van der Waals surface area contributed by atoms with Gasteiger partial charge in [0, 0.05) is 50.4 Å². The van der Waals surface area contributed by atoms with Crippen LogP contribution in [0, 0.1) is 5.41 Å².